The van der Waals surface area contributed by atoms with E-state index in [-0.39, 0.29) is 6.10 Å². The monoisotopic (exact) mass is 261 g/mol. The minimum absolute atomic E-state index is 0.206. The van der Waals surface area contributed by atoms with Crippen molar-refractivity contribution < 1.29 is 4.74 Å². The molecule has 0 heterocycles. The van der Waals surface area contributed by atoms with E-state index in [1.807, 2.05) is 31.2 Å². The number of hydrogen-bond acceptors (Lipinski definition) is 2. The maximum absolute atomic E-state index is 6.19. The standard InChI is InChI=1S/C17H27NO/c1-5-9-15-10-7-8-11-16(15)19-17(14(3)4)13-18-12-6-2/h5,7-11,14,17-18H,6,12-13H2,1-4H3. The average Bonchev–Trinajstić information content (AvgIpc) is 2.40. The zero-order valence-corrected chi connectivity index (χ0v) is 12.6. The number of para-hydroxylation sites is 1. The summed E-state index contributed by atoms with van der Waals surface area (Å²) in [7, 11) is 0. The van der Waals surface area contributed by atoms with Crippen molar-refractivity contribution in [2.24, 2.45) is 5.92 Å². The molecule has 106 valence electrons. The van der Waals surface area contributed by atoms with Crippen LogP contribution in [0.4, 0.5) is 0 Å². The van der Waals surface area contributed by atoms with Crippen LogP contribution in [0.5, 0.6) is 5.75 Å². The maximum atomic E-state index is 6.19. The van der Waals surface area contributed by atoms with E-state index in [9.17, 15) is 0 Å². The summed E-state index contributed by atoms with van der Waals surface area (Å²) in [6.45, 7) is 10.6. The zero-order valence-electron chi connectivity index (χ0n) is 12.6. The van der Waals surface area contributed by atoms with Gasteiger partial charge in [0.25, 0.3) is 0 Å². The largest absolute Gasteiger partial charge is 0.488 e. The van der Waals surface area contributed by atoms with Crippen molar-refractivity contribution in [3.63, 3.8) is 0 Å². The van der Waals surface area contributed by atoms with E-state index in [0.29, 0.717) is 5.92 Å². The van der Waals surface area contributed by atoms with E-state index in [1.54, 1.807) is 0 Å². The number of allylic oxidation sites excluding steroid dienone is 1. The SMILES string of the molecule is CC=Cc1ccccc1OC(CNCCC)C(C)C. The van der Waals surface area contributed by atoms with Gasteiger partial charge in [-0.25, -0.2) is 0 Å². The van der Waals surface area contributed by atoms with Crippen molar-refractivity contribution in [2.45, 2.75) is 40.2 Å². The molecule has 0 aliphatic carbocycles. The molecule has 0 aliphatic heterocycles. The van der Waals surface area contributed by atoms with Crippen LogP contribution in [0.25, 0.3) is 6.08 Å². The second-order valence-electron chi connectivity index (χ2n) is 5.14. The summed E-state index contributed by atoms with van der Waals surface area (Å²) in [5.41, 5.74) is 1.14. The minimum atomic E-state index is 0.206. The van der Waals surface area contributed by atoms with Crippen LogP contribution in [-0.4, -0.2) is 19.2 Å². The molecule has 2 nitrogen and oxygen atoms in total. The van der Waals surface area contributed by atoms with Gasteiger partial charge in [0.1, 0.15) is 11.9 Å². The smallest absolute Gasteiger partial charge is 0.127 e. The zero-order chi connectivity index (χ0) is 14.1. The molecule has 0 bridgehead atoms. The van der Waals surface area contributed by atoms with Crippen molar-refractivity contribution in [1.29, 1.82) is 0 Å². The van der Waals surface area contributed by atoms with Crippen molar-refractivity contribution in [1.82, 2.24) is 5.32 Å². The van der Waals surface area contributed by atoms with Gasteiger partial charge in [-0.15, -0.1) is 0 Å². The molecule has 1 aromatic carbocycles. The fourth-order valence-corrected chi connectivity index (χ4v) is 1.90. The lowest BCUT2D eigenvalue weighted by Gasteiger charge is -2.24. The summed E-state index contributed by atoms with van der Waals surface area (Å²) >= 11 is 0. The average molecular weight is 261 g/mol. The van der Waals surface area contributed by atoms with Crippen LogP contribution in [0.15, 0.2) is 30.3 Å². The van der Waals surface area contributed by atoms with Gasteiger partial charge in [0.05, 0.1) is 0 Å². The highest BCUT2D eigenvalue weighted by molar-refractivity contribution is 5.56. The van der Waals surface area contributed by atoms with Gasteiger partial charge in [-0.3, -0.25) is 0 Å². The molecule has 1 rings (SSSR count). The highest BCUT2D eigenvalue weighted by atomic mass is 16.5. The molecule has 1 unspecified atom stereocenters. The molecule has 0 spiro atoms. The van der Waals surface area contributed by atoms with E-state index < -0.39 is 0 Å². The Morgan fingerprint density at radius 1 is 1.26 bits per heavy atom. The Morgan fingerprint density at radius 2 is 2.00 bits per heavy atom. The number of ether oxygens (including phenoxy) is 1. The van der Waals surface area contributed by atoms with Gasteiger partial charge >= 0.3 is 0 Å². The Morgan fingerprint density at radius 3 is 2.63 bits per heavy atom. The first-order chi connectivity index (χ1) is 9.19. The van der Waals surface area contributed by atoms with Crippen molar-refractivity contribution in [3.05, 3.63) is 35.9 Å². The predicted molar refractivity (Wildman–Crippen MR) is 83.6 cm³/mol. The first-order valence-corrected chi connectivity index (χ1v) is 7.28. The Bertz CT molecular complexity index is 385. The molecule has 19 heavy (non-hydrogen) atoms. The summed E-state index contributed by atoms with van der Waals surface area (Å²) in [5.74, 6) is 1.46. The summed E-state index contributed by atoms with van der Waals surface area (Å²) in [4.78, 5) is 0. The fourth-order valence-electron chi connectivity index (χ4n) is 1.90. The number of benzene rings is 1. The third-order valence-electron chi connectivity index (χ3n) is 3.06. The van der Waals surface area contributed by atoms with Crippen LogP contribution < -0.4 is 10.1 Å². The van der Waals surface area contributed by atoms with E-state index in [2.05, 4.69) is 38.2 Å². The summed E-state index contributed by atoms with van der Waals surface area (Å²) in [5, 5.41) is 3.45. The molecular weight excluding hydrogens is 234 g/mol. The Balaban J connectivity index is 2.73. The van der Waals surface area contributed by atoms with Gasteiger partial charge in [-0.1, -0.05) is 51.1 Å². The predicted octanol–water partition coefficient (Wildman–Crippen LogP) is 4.12. The quantitative estimate of drug-likeness (QED) is 0.711. The summed E-state index contributed by atoms with van der Waals surface area (Å²) < 4.78 is 6.19. The van der Waals surface area contributed by atoms with Crippen molar-refractivity contribution in [3.8, 4) is 5.75 Å². The topological polar surface area (TPSA) is 21.3 Å². The Kier molecular flexibility index (Phi) is 7.27. The molecule has 1 atom stereocenters. The van der Waals surface area contributed by atoms with Gasteiger partial charge in [-0.05, 0) is 31.9 Å². The van der Waals surface area contributed by atoms with Gasteiger partial charge in [-0.2, -0.15) is 0 Å². The van der Waals surface area contributed by atoms with Crippen LogP contribution in [0.2, 0.25) is 0 Å². The number of nitrogens with one attached hydrogen (secondary N) is 1. The second-order valence-corrected chi connectivity index (χ2v) is 5.14. The van der Waals surface area contributed by atoms with Crippen molar-refractivity contribution >= 4 is 6.08 Å². The van der Waals surface area contributed by atoms with Crippen LogP contribution in [-0.2, 0) is 0 Å². The van der Waals surface area contributed by atoms with Crippen LogP contribution in [0.3, 0.4) is 0 Å². The van der Waals surface area contributed by atoms with E-state index in [1.165, 1.54) is 0 Å². The van der Waals surface area contributed by atoms with Gasteiger partial charge < -0.3 is 10.1 Å². The molecule has 0 saturated carbocycles. The molecule has 0 aliphatic rings. The molecule has 1 N–H and O–H groups in total. The Hall–Kier alpha value is -1.28. The van der Waals surface area contributed by atoms with Gasteiger partial charge in [0, 0.05) is 12.1 Å². The Labute approximate surface area is 117 Å². The van der Waals surface area contributed by atoms with E-state index in [4.69, 9.17) is 4.74 Å². The molecule has 2 heteroatoms. The number of rotatable bonds is 8. The normalized spacial score (nSPS) is 13.1. The highest BCUT2D eigenvalue weighted by Gasteiger charge is 2.15. The van der Waals surface area contributed by atoms with Crippen molar-refractivity contribution in [2.75, 3.05) is 13.1 Å². The van der Waals surface area contributed by atoms with Crippen LogP contribution >= 0.6 is 0 Å². The van der Waals surface area contributed by atoms with Gasteiger partial charge in [0.15, 0.2) is 0 Å². The number of hydrogen-bond donors (Lipinski definition) is 1. The fraction of sp³-hybridized carbons (Fsp3) is 0.529. The molecule has 1 aromatic rings. The molecule has 0 fully saturated rings. The minimum Gasteiger partial charge on any atom is -0.488 e. The lowest BCUT2D eigenvalue weighted by molar-refractivity contribution is 0.149. The second kappa shape index (κ2) is 8.76. The van der Waals surface area contributed by atoms with Crippen LogP contribution in [0, 0.1) is 5.92 Å². The first-order valence-electron chi connectivity index (χ1n) is 7.28. The lowest BCUT2D eigenvalue weighted by atomic mass is 10.1. The molecule has 0 aromatic heterocycles. The van der Waals surface area contributed by atoms with E-state index in [0.717, 1.165) is 30.8 Å². The lowest BCUT2D eigenvalue weighted by Crippen LogP contribution is -2.35. The maximum Gasteiger partial charge on any atom is 0.127 e. The molecule has 0 amide bonds. The third kappa shape index (κ3) is 5.48. The van der Waals surface area contributed by atoms with E-state index >= 15 is 0 Å². The highest BCUT2D eigenvalue weighted by Crippen LogP contribution is 2.22. The van der Waals surface area contributed by atoms with Crippen LogP contribution in [0.1, 0.15) is 39.7 Å². The molecule has 0 radical (unpaired) electrons. The molecular formula is C17H27NO. The van der Waals surface area contributed by atoms with Gasteiger partial charge in [0.2, 0.25) is 0 Å². The first kappa shape index (κ1) is 15.8. The third-order valence-corrected chi connectivity index (χ3v) is 3.06. The summed E-state index contributed by atoms with van der Waals surface area (Å²) in [6, 6.07) is 8.21. The summed E-state index contributed by atoms with van der Waals surface area (Å²) in [6.07, 6.45) is 5.49. The molecule has 0 saturated heterocycles.